The maximum Gasteiger partial charge on any atom is 0.239 e. The molecule has 0 aromatic carbocycles. The van der Waals surface area contributed by atoms with Crippen molar-refractivity contribution in [2.45, 2.75) is 44.7 Å². The molecule has 0 radical (unpaired) electrons. The molecular formula is C14H23N5O. The Labute approximate surface area is 119 Å². The summed E-state index contributed by atoms with van der Waals surface area (Å²) in [5.74, 6) is 0.797. The van der Waals surface area contributed by atoms with Gasteiger partial charge in [-0.05, 0) is 38.1 Å². The van der Waals surface area contributed by atoms with Crippen LogP contribution in [0.5, 0.6) is 0 Å². The second-order valence-corrected chi connectivity index (χ2v) is 5.91. The Hall–Kier alpha value is -1.43. The first-order valence-corrected chi connectivity index (χ1v) is 7.67. The Balaban J connectivity index is 1.55. The predicted molar refractivity (Wildman–Crippen MR) is 75.0 cm³/mol. The molecule has 3 heterocycles. The summed E-state index contributed by atoms with van der Waals surface area (Å²) in [6.07, 6.45) is 8.93. The van der Waals surface area contributed by atoms with Gasteiger partial charge in [-0.1, -0.05) is 6.42 Å². The van der Waals surface area contributed by atoms with Crippen LogP contribution in [0.15, 0.2) is 12.7 Å². The molecule has 1 unspecified atom stereocenters. The smallest absolute Gasteiger partial charge is 0.239 e. The molecule has 1 N–H and O–H groups in total. The van der Waals surface area contributed by atoms with E-state index in [1.165, 1.54) is 19.3 Å². The standard InChI is InChI=1S/C14H23N5O/c20-14(13-5-1-2-6-16-13)18-7-3-4-12(8-18)9-19-11-15-10-17-19/h10-13,16H,1-9H2/t12?,13-/m1/s1. The lowest BCUT2D eigenvalue weighted by atomic mass is 9.96. The number of piperidine rings is 2. The maximum absolute atomic E-state index is 12.5. The molecule has 3 rings (SSSR count). The molecule has 110 valence electrons. The molecule has 0 saturated carbocycles. The molecule has 0 spiro atoms. The van der Waals surface area contributed by atoms with Crippen molar-refractivity contribution >= 4 is 5.91 Å². The van der Waals surface area contributed by atoms with Gasteiger partial charge in [0.1, 0.15) is 12.7 Å². The molecule has 1 amide bonds. The summed E-state index contributed by atoms with van der Waals surface area (Å²) in [5.41, 5.74) is 0. The fourth-order valence-corrected chi connectivity index (χ4v) is 3.29. The van der Waals surface area contributed by atoms with Gasteiger partial charge in [-0.3, -0.25) is 9.48 Å². The van der Waals surface area contributed by atoms with Gasteiger partial charge in [-0.2, -0.15) is 5.10 Å². The van der Waals surface area contributed by atoms with Crippen LogP contribution in [0.3, 0.4) is 0 Å². The van der Waals surface area contributed by atoms with E-state index >= 15 is 0 Å². The maximum atomic E-state index is 12.5. The quantitative estimate of drug-likeness (QED) is 0.881. The normalized spacial score (nSPS) is 27.5. The van der Waals surface area contributed by atoms with E-state index in [4.69, 9.17) is 0 Å². The van der Waals surface area contributed by atoms with Crippen LogP contribution in [0.25, 0.3) is 0 Å². The summed E-state index contributed by atoms with van der Waals surface area (Å²) in [7, 11) is 0. The van der Waals surface area contributed by atoms with E-state index in [0.717, 1.165) is 39.0 Å². The molecule has 6 nitrogen and oxygen atoms in total. The zero-order valence-corrected chi connectivity index (χ0v) is 11.9. The fraction of sp³-hybridized carbons (Fsp3) is 0.786. The monoisotopic (exact) mass is 277 g/mol. The van der Waals surface area contributed by atoms with E-state index in [2.05, 4.69) is 15.4 Å². The van der Waals surface area contributed by atoms with E-state index < -0.39 is 0 Å². The number of carbonyl (C=O) groups is 1. The van der Waals surface area contributed by atoms with Crippen LogP contribution in [0.4, 0.5) is 0 Å². The number of amides is 1. The highest BCUT2D eigenvalue weighted by molar-refractivity contribution is 5.82. The van der Waals surface area contributed by atoms with Crippen molar-refractivity contribution in [2.24, 2.45) is 5.92 Å². The Morgan fingerprint density at radius 3 is 3.00 bits per heavy atom. The topological polar surface area (TPSA) is 63.1 Å². The number of rotatable bonds is 3. The average Bonchev–Trinajstić information content (AvgIpc) is 3.01. The molecule has 0 bridgehead atoms. The minimum Gasteiger partial charge on any atom is -0.341 e. The molecule has 1 aromatic heterocycles. The van der Waals surface area contributed by atoms with Crippen LogP contribution in [-0.4, -0.2) is 51.2 Å². The van der Waals surface area contributed by atoms with Gasteiger partial charge in [0.05, 0.1) is 6.04 Å². The number of likely N-dealkylation sites (tertiary alicyclic amines) is 1. The minimum absolute atomic E-state index is 0.0499. The molecular weight excluding hydrogens is 254 g/mol. The number of nitrogens with one attached hydrogen (secondary N) is 1. The lowest BCUT2D eigenvalue weighted by Gasteiger charge is -2.36. The molecule has 2 atom stereocenters. The van der Waals surface area contributed by atoms with E-state index in [9.17, 15) is 4.79 Å². The highest BCUT2D eigenvalue weighted by Crippen LogP contribution is 2.20. The van der Waals surface area contributed by atoms with Gasteiger partial charge in [0.15, 0.2) is 0 Å². The Bertz CT molecular complexity index is 427. The number of nitrogens with zero attached hydrogens (tertiary/aromatic N) is 4. The summed E-state index contributed by atoms with van der Waals surface area (Å²) in [6, 6.07) is 0.0499. The van der Waals surface area contributed by atoms with E-state index in [0.29, 0.717) is 11.8 Å². The van der Waals surface area contributed by atoms with E-state index in [1.807, 2.05) is 9.58 Å². The van der Waals surface area contributed by atoms with E-state index in [1.54, 1.807) is 12.7 Å². The molecule has 1 aromatic rings. The van der Waals surface area contributed by atoms with Crippen molar-refractivity contribution in [3.8, 4) is 0 Å². The first-order valence-electron chi connectivity index (χ1n) is 7.67. The third-order valence-corrected chi connectivity index (χ3v) is 4.35. The first kappa shape index (κ1) is 13.5. The highest BCUT2D eigenvalue weighted by atomic mass is 16.2. The number of hydrogen-bond acceptors (Lipinski definition) is 4. The Morgan fingerprint density at radius 1 is 1.30 bits per heavy atom. The third kappa shape index (κ3) is 3.17. The first-order chi connectivity index (χ1) is 9.83. The third-order valence-electron chi connectivity index (χ3n) is 4.35. The number of hydrogen-bond donors (Lipinski definition) is 1. The number of carbonyl (C=O) groups excluding carboxylic acids is 1. The summed E-state index contributed by atoms with van der Waals surface area (Å²) in [6.45, 7) is 3.61. The zero-order valence-electron chi connectivity index (χ0n) is 11.9. The zero-order chi connectivity index (χ0) is 13.8. The fourth-order valence-electron chi connectivity index (χ4n) is 3.29. The lowest BCUT2D eigenvalue weighted by molar-refractivity contribution is -0.136. The molecule has 2 aliphatic rings. The van der Waals surface area contributed by atoms with E-state index in [-0.39, 0.29) is 6.04 Å². The van der Waals surface area contributed by atoms with Crippen molar-refractivity contribution in [1.29, 1.82) is 0 Å². The van der Waals surface area contributed by atoms with Crippen LogP contribution >= 0.6 is 0 Å². The summed E-state index contributed by atoms with van der Waals surface area (Å²) < 4.78 is 1.87. The molecule has 20 heavy (non-hydrogen) atoms. The SMILES string of the molecule is O=C([C@H]1CCCCN1)N1CCCC(Cn2cncn2)C1. The molecule has 2 fully saturated rings. The number of aromatic nitrogens is 3. The van der Waals surface area contributed by atoms with Gasteiger partial charge in [0, 0.05) is 19.6 Å². The van der Waals surface area contributed by atoms with Crippen LogP contribution in [0, 0.1) is 5.92 Å². The van der Waals surface area contributed by atoms with Gasteiger partial charge < -0.3 is 10.2 Å². The summed E-state index contributed by atoms with van der Waals surface area (Å²) >= 11 is 0. The largest absolute Gasteiger partial charge is 0.341 e. The van der Waals surface area contributed by atoms with Gasteiger partial charge >= 0.3 is 0 Å². The van der Waals surface area contributed by atoms with Crippen molar-refractivity contribution < 1.29 is 4.79 Å². The van der Waals surface area contributed by atoms with Crippen LogP contribution in [-0.2, 0) is 11.3 Å². The van der Waals surface area contributed by atoms with Crippen LogP contribution < -0.4 is 5.32 Å². The Morgan fingerprint density at radius 2 is 2.25 bits per heavy atom. The highest BCUT2D eigenvalue weighted by Gasteiger charge is 2.29. The molecule has 0 aliphatic carbocycles. The summed E-state index contributed by atoms with van der Waals surface area (Å²) in [4.78, 5) is 18.6. The lowest BCUT2D eigenvalue weighted by Crippen LogP contribution is -2.51. The second kappa shape index (κ2) is 6.35. The molecule has 6 heteroatoms. The Kier molecular flexibility index (Phi) is 4.30. The second-order valence-electron chi connectivity index (χ2n) is 5.91. The van der Waals surface area contributed by atoms with Crippen LogP contribution in [0.1, 0.15) is 32.1 Å². The van der Waals surface area contributed by atoms with Gasteiger partial charge in [0.2, 0.25) is 5.91 Å². The van der Waals surface area contributed by atoms with Crippen LogP contribution in [0.2, 0.25) is 0 Å². The summed E-state index contributed by atoms with van der Waals surface area (Å²) in [5, 5.41) is 7.52. The predicted octanol–water partition coefficient (Wildman–Crippen LogP) is 0.659. The molecule has 2 saturated heterocycles. The van der Waals surface area contributed by atoms with Gasteiger partial charge in [0.25, 0.3) is 0 Å². The van der Waals surface area contributed by atoms with Gasteiger partial charge in [-0.25, -0.2) is 4.98 Å². The van der Waals surface area contributed by atoms with Crippen molar-refractivity contribution in [2.75, 3.05) is 19.6 Å². The van der Waals surface area contributed by atoms with Gasteiger partial charge in [-0.15, -0.1) is 0 Å². The average molecular weight is 277 g/mol. The van der Waals surface area contributed by atoms with Crippen molar-refractivity contribution in [3.63, 3.8) is 0 Å². The van der Waals surface area contributed by atoms with Crippen molar-refractivity contribution in [1.82, 2.24) is 25.0 Å². The van der Waals surface area contributed by atoms with Crippen molar-refractivity contribution in [3.05, 3.63) is 12.7 Å². The minimum atomic E-state index is 0.0499. The molecule has 2 aliphatic heterocycles.